The van der Waals surface area contributed by atoms with Crippen LogP contribution in [0.15, 0.2) is 54.6 Å². The van der Waals surface area contributed by atoms with Crippen LogP contribution in [0.25, 0.3) is 11.1 Å². The number of hydrogen-bond donors (Lipinski definition) is 3. The van der Waals surface area contributed by atoms with Gasteiger partial charge in [0.2, 0.25) is 11.8 Å². The second kappa shape index (κ2) is 16.1. The van der Waals surface area contributed by atoms with Crippen molar-refractivity contribution in [2.24, 2.45) is 11.7 Å². The molecule has 2 heterocycles. The van der Waals surface area contributed by atoms with Gasteiger partial charge in [0, 0.05) is 44.1 Å². The van der Waals surface area contributed by atoms with E-state index in [1.165, 1.54) is 0 Å². The fourth-order valence-corrected chi connectivity index (χ4v) is 5.68. The molecule has 2 fully saturated rings. The summed E-state index contributed by atoms with van der Waals surface area (Å²) in [5.74, 6) is -0.0242. The lowest BCUT2D eigenvalue weighted by molar-refractivity contribution is -0.123. The fourth-order valence-electron chi connectivity index (χ4n) is 5.68. The van der Waals surface area contributed by atoms with E-state index in [9.17, 15) is 14.4 Å². The first kappa shape index (κ1) is 30.5. The van der Waals surface area contributed by atoms with Gasteiger partial charge in [-0.2, -0.15) is 0 Å². The van der Waals surface area contributed by atoms with E-state index in [4.69, 9.17) is 10.5 Å². The first-order valence-corrected chi connectivity index (χ1v) is 15.1. The largest absolute Gasteiger partial charge is 0.446 e. The molecule has 2 aromatic carbocycles. The molecule has 2 aliphatic rings. The van der Waals surface area contributed by atoms with Crippen LogP contribution in [0.4, 0.5) is 10.5 Å². The zero-order chi connectivity index (χ0) is 28.9. The number of nitrogens with two attached hydrogens (primary N) is 1. The Hall–Kier alpha value is -3.43. The minimum atomic E-state index is -0.424. The summed E-state index contributed by atoms with van der Waals surface area (Å²) < 4.78 is 5.73. The number of primary amides is 1. The molecular weight excluding hydrogens is 518 g/mol. The van der Waals surface area contributed by atoms with Crippen LogP contribution in [0, 0.1) is 5.92 Å². The number of carbonyl (C=O) groups excluding carboxylic acids is 3. The number of benzene rings is 2. The highest BCUT2D eigenvalue weighted by atomic mass is 16.6. The van der Waals surface area contributed by atoms with Gasteiger partial charge >= 0.3 is 6.09 Å². The lowest BCUT2D eigenvalue weighted by Crippen LogP contribution is -2.42. The Morgan fingerprint density at radius 2 is 1.46 bits per heavy atom. The number of anilines is 1. The van der Waals surface area contributed by atoms with Gasteiger partial charge < -0.3 is 25.6 Å². The summed E-state index contributed by atoms with van der Waals surface area (Å²) >= 11 is 0. The molecule has 0 unspecified atom stereocenters. The van der Waals surface area contributed by atoms with Gasteiger partial charge in [-0.25, -0.2) is 4.79 Å². The number of nitrogens with zero attached hydrogens (tertiary/aromatic N) is 2. The van der Waals surface area contributed by atoms with Crippen molar-refractivity contribution in [1.82, 2.24) is 15.1 Å². The van der Waals surface area contributed by atoms with Crippen LogP contribution in [0.2, 0.25) is 0 Å². The van der Waals surface area contributed by atoms with Crippen LogP contribution in [-0.4, -0.2) is 79.6 Å². The molecule has 9 nitrogen and oxygen atoms in total. The minimum absolute atomic E-state index is 0.0373. The lowest BCUT2D eigenvalue weighted by Gasteiger charge is -2.31. The molecule has 4 N–H and O–H groups in total. The standard InChI is InChI=1S/C32H45N5O4/c33-31(39)26-14-20-36(21-15-26)19-8-2-5-13-30(38)34-18-24-37-22-16-27(17-23-37)41-32(40)35-29-12-7-6-11-28(29)25-9-3-1-4-10-25/h1,3-4,6-7,9-12,26-27H,2,5,8,13-24H2,(H2,33,39)(H,34,38)(H,35,40). The van der Waals surface area contributed by atoms with E-state index in [0.717, 1.165) is 101 Å². The quantitative estimate of drug-likeness (QED) is 0.314. The van der Waals surface area contributed by atoms with E-state index >= 15 is 0 Å². The first-order chi connectivity index (χ1) is 20.0. The third-order valence-electron chi connectivity index (χ3n) is 8.18. The van der Waals surface area contributed by atoms with Gasteiger partial charge in [0.25, 0.3) is 0 Å². The van der Waals surface area contributed by atoms with Crippen molar-refractivity contribution >= 4 is 23.6 Å². The number of para-hydroxylation sites is 1. The molecule has 0 bridgehead atoms. The monoisotopic (exact) mass is 563 g/mol. The number of hydrogen-bond acceptors (Lipinski definition) is 6. The number of ether oxygens (including phenoxy) is 1. The predicted octanol–water partition coefficient (Wildman–Crippen LogP) is 4.24. The van der Waals surface area contributed by atoms with Crippen molar-refractivity contribution in [3.63, 3.8) is 0 Å². The molecule has 0 atom stereocenters. The molecule has 0 spiro atoms. The molecule has 4 rings (SSSR count). The Kier molecular flexibility index (Phi) is 12.0. The molecule has 2 saturated heterocycles. The highest BCUT2D eigenvalue weighted by Gasteiger charge is 2.24. The van der Waals surface area contributed by atoms with Crippen molar-refractivity contribution in [2.75, 3.05) is 51.1 Å². The van der Waals surface area contributed by atoms with Crippen LogP contribution < -0.4 is 16.4 Å². The summed E-state index contributed by atoms with van der Waals surface area (Å²) in [6.07, 6.45) is 6.30. The molecule has 0 saturated carbocycles. The number of likely N-dealkylation sites (tertiary alicyclic amines) is 2. The number of piperidine rings is 2. The van der Waals surface area contributed by atoms with Crippen molar-refractivity contribution in [2.45, 2.75) is 57.5 Å². The molecule has 3 amide bonds. The molecule has 41 heavy (non-hydrogen) atoms. The molecule has 0 aromatic heterocycles. The summed E-state index contributed by atoms with van der Waals surface area (Å²) in [7, 11) is 0. The second-order valence-corrected chi connectivity index (χ2v) is 11.2. The Balaban J connectivity index is 1.03. The maximum atomic E-state index is 12.6. The Labute approximate surface area is 243 Å². The van der Waals surface area contributed by atoms with Gasteiger partial charge in [-0.05, 0) is 69.8 Å². The van der Waals surface area contributed by atoms with Crippen LogP contribution in [-0.2, 0) is 14.3 Å². The summed E-state index contributed by atoms with van der Waals surface area (Å²) in [4.78, 5) is 40.8. The second-order valence-electron chi connectivity index (χ2n) is 11.2. The molecular formula is C32H45N5O4. The number of carbonyl (C=O) groups is 3. The lowest BCUT2D eigenvalue weighted by atomic mass is 9.96. The van der Waals surface area contributed by atoms with E-state index in [1.807, 2.05) is 54.6 Å². The maximum Gasteiger partial charge on any atom is 0.411 e. The third-order valence-corrected chi connectivity index (χ3v) is 8.18. The Morgan fingerprint density at radius 1 is 0.805 bits per heavy atom. The minimum Gasteiger partial charge on any atom is -0.446 e. The predicted molar refractivity (Wildman–Crippen MR) is 161 cm³/mol. The van der Waals surface area contributed by atoms with E-state index in [1.54, 1.807) is 0 Å². The third kappa shape index (κ3) is 10.2. The summed E-state index contributed by atoms with van der Waals surface area (Å²) in [5.41, 5.74) is 8.14. The summed E-state index contributed by atoms with van der Waals surface area (Å²) in [6, 6.07) is 17.7. The van der Waals surface area contributed by atoms with Crippen LogP contribution >= 0.6 is 0 Å². The van der Waals surface area contributed by atoms with Crippen LogP contribution in [0.5, 0.6) is 0 Å². The molecule has 9 heteroatoms. The average molecular weight is 564 g/mol. The van der Waals surface area contributed by atoms with E-state index in [-0.39, 0.29) is 23.8 Å². The number of unbranched alkanes of at least 4 members (excludes halogenated alkanes) is 2. The van der Waals surface area contributed by atoms with Gasteiger partial charge in [-0.3, -0.25) is 14.9 Å². The Bertz CT molecular complexity index is 1110. The summed E-state index contributed by atoms with van der Waals surface area (Å²) in [6.45, 7) is 6.01. The smallest absolute Gasteiger partial charge is 0.411 e. The van der Waals surface area contributed by atoms with Crippen molar-refractivity contribution in [1.29, 1.82) is 0 Å². The molecule has 2 aliphatic heterocycles. The summed E-state index contributed by atoms with van der Waals surface area (Å²) in [5, 5.41) is 5.97. The van der Waals surface area contributed by atoms with E-state index in [2.05, 4.69) is 20.4 Å². The van der Waals surface area contributed by atoms with Gasteiger partial charge in [-0.15, -0.1) is 0 Å². The van der Waals surface area contributed by atoms with Gasteiger partial charge in [0.05, 0.1) is 5.69 Å². The average Bonchev–Trinajstić information content (AvgIpc) is 2.99. The van der Waals surface area contributed by atoms with E-state index < -0.39 is 6.09 Å². The highest BCUT2D eigenvalue weighted by molar-refractivity contribution is 5.91. The van der Waals surface area contributed by atoms with Gasteiger partial charge in [-0.1, -0.05) is 55.0 Å². The topological polar surface area (TPSA) is 117 Å². The SMILES string of the molecule is NC(=O)C1CCN(CCCCCC(=O)NCCN2CCC(OC(=O)Nc3ccccc3-c3ccccc3)CC2)CC1. The number of rotatable bonds is 13. The van der Waals surface area contributed by atoms with Crippen LogP contribution in [0.3, 0.4) is 0 Å². The first-order valence-electron chi connectivity index (χ1n) is 15.1. The fraction of sp³-hybridized carbons (Fsp3) is 0.531. The Morgan fingerprint density at radius 3 is 2.20 bits per heavy atom. The van der Waals surface area contributed by atoms with E-state index in [0.29, 0.717) is 13.0 Å². The van der Waals surface area contributed by atoms with Crippen molar-refractivity contribution in [3.05, 3.63) is 54.6 Å². The van der Waals surface area contributed by atoms with Crippen molar-refractivity contribution in [3.8, 4) is 11.1 Å². The van der Waals surface area contributed by atoms with Crippen LogP contribution in [0.1, 0.15) is 51.4 Å². The molecule has 2 aromatic rings. The normalized spacial score (nSPS) is 17.2. The van der Waals surface area contributed by atoms with Gasteiger partial charge in [0.15, 0.2) is 0 Å². The molecule has 0 radical (unpaired) electrons. The number of nitrogens with one attached hydrogen (secondary N) is 2. The van der Waals surface area contributed by atoms with Gasteiger partial charge in [0.1, 0.15) is 6.10 Å². The zero-order valence-corrected chi connectivity index (χ0v) is 24.1. The molecule has 0 aliphatic carbocycles. The number of amides is 3. The maximum absolute atomic E-state index is 12.6. The highest BCUT2D eigenvalue weighted by Crippen LogP contribution is 2.28. The molecule has 222 valence electrons. The van der Waals surface area contributed by atoms with Crippen molar-refractivity contribution < 1.29 is 19.1 Å². The zero-order valence-electron chi connectivity index (χ0n) is 24.1.